The standard InChI is InChI=1S/C17H26N2OS/c1-17(2,3)14-8-6-13(7-9-14)16-19(11-5-10-18-4)15(20)12-21-16/h6-9,16,18H,5,10-12H2,1-4H3. The molecule has 1 saturated heterocycles. The summed E-state index contributed by atoms with van der Waals surface area (Å²) in [7, 11) is 1.95. The minimum Gasteiger partial charge on any atom is -0.326 e. The van der Waals surface area contributed by atoms with Crippen molar-refractivity contribution in [1.82, 2.24) is 10.2 Å². The van der Waals surface area contributed by atoms with Crippen molar-refractivity contribution in [2.75, 3.05) is 25.9 Å². The SMILES string of the molecule is CNCCCN1C(=O)CSC1c1ccc(C(C)(C)C)cc1. The molecule has 1 heterocycles. The summed E-state index contributed by atoms with van der Waals surface area (Å²) in [6, 6.07) is 8.76. The molecule has 0 aliphatic carbocycles. The van der Waals surface area contributed by atoms with Gasteiger partial charge in [-0.25, -0.2) is 0 Å². The third-order valence-corrected chi connectivity index (χ3v) is 5.11. The molecule has 1 unspecified atom stereocenters. The first-order chi connectivity index (χ1) is 9.93. The Balaban J connectivity index is 2.10. The third-order valence-electron chi connectivity index (χ3n) is 3.86. The molecule has 1 atom stereocenters. The van der Waals surface area contributed by atoms with Crippen LogP contribution in [0.4, 0.5) is 0 Å². The van der Waals surface area contributed by atoms with Crippen LogP contribution in [-0.4, -0.2) is 36.7 Å². The molecule has 0 bridgehead atoms. The molecular formula is C17H26N2OS. The van der Waals surface area contributed by atoms with Crippen molar-refractivity contribution >= 4 is 17.7 Å². The van der Waals surface area contributed by atoms with E-state index in [0.717, 1.165) is 19.5 Å². The van der Waals surface area contributed by atoms with Crippen LogP contribution in [0.15, 0.2) is 24.3 Å². The molecule has 1 N–H and O–H groups in total. The predicted octanol–water partition coefficient (Wildman–Crippen LogP) is 3.17. The Bertz CT molecular complexity index is 479. The van der Waals surface area contributed by atoms with Crippen molar-refractivity contribution in [3.05, 3.63) is 35.4 Å². The summed E-state index contributed by atoms with van der Waals surface area (Å²) in [5.74, 6) is 0.867. The third kappa shape index (κ3) is 4.01. The molecule has 1 fully saturated rings. The van der Waals surface area contributed by atoms with E-state index in [2.05, 4.69) is 50.4 Å². The number of nitrogens with zero attached hydrogens (tertiary/aromatic N) is 1. The number of nitrogens with one attached hydrogen (secondary N) is 1. The van der Waals surface area contributed by atoms with E-state index in [1.54, 1.807) is 11.8 Å². The minimum absolute atomic E-state index is 0.170. The van der Waals surface area contributed by atoms with Gasteiger partial charge in [0.15, 0.2) is 0 Å². The second-order valence-corrected chi connectivity index (χ2v) is 7.65. The lowest BCUT2D eigenvalue weighted by Crippen LogP contribution is -2.30. The fraction of sp³-hybridized carbons (Fsp3) is 0.588. The molecule has 1 amide bonds. The van der Waals surface area contributed by atoms with E-state index >= 15 is 0 Å². The summed E-state index contributed by atoms with van der Waals surface area (Å²) >= 11 is 1.74. The average Bonchev–Trinajstić information content (AvgIpc) is 2.80. The molecule has 3 nitrogen and oxygen atoms in total. The maximum atomic E-state index is 12.1. The fourth-order valence-corrected chi connectivity index (χ4v) is 3.76. The average molecular weight is 306 g/mol. The van der Waals surface area contributed by atoms with Crippen molar-refractivity contribution in [2.45, 2.75) is 38.0 Å². The molecule has 1 aromatic carbocycles. The zero-order chi connectivity index (χ0) is 15.5. The molecule has 0 aromatic heterocycles. The Labute approximate surface area is 132 Å². The fourth-order valence-electron chi connectivity index (χ4n) is 2.55. The van der Waals surface area contributed by atoms with Crippen molar-refractivity contribution < 1.29 is 4.79 Å². The van der Waals surface area contributed by atoms with Crippen LogP contribution in [-0.2, 0) is 10.2 Å². The summed E-state index contributed by atoms with van der Waals surface area (Å²) in [6.07, 6.45) is 0.999. The molecule has 0 saturated carbocycles. The lowest BCUT2D eigenvalue weighted by molar-refractivity contribution is -0.128. The maximum Gasteiger partial charge on any atom is 0.233 e. The Hall–Kier alpha value is -1.00. The number of rotatable bonds is 5. The van der Waals surface area contributed by atoms with Crippen molar-refractivity contribution in [3.63, 3.8) is 0 Å². The Morgan fingerprint density at radius 3 is 2.52 bits per heavy atom. The maximum absolute atomic E-state index is 12.1. The van der Waals surface area contributed by atoms with Gasteiger partial charge in [0, 0.05) is 6.54 Å². The second kappa shape index (κ2) is 6.84. The van der Waals surface area contributed by atoms with Gasteiger partial charge in [-0.05, 0) is 36.6 Å². The summed E-state index contributed by atoms with van der Waals surface area (Å²) in [5, 5.41) is 3.32. The number of amides is 1. The van der Waals surface area contributed by atoms with Crippen molar-refractivity contribution in [1.29, 1.82) is 0 Å². The molecule has 1 aliphatic rings. The summed E-state index contributed by atoms with van der Waals surface area (Å²) in [4.78, 5) is 14.1. The Morgan fingerprint density at radius 1 is 1.29 bits per heavy atom. The lowest BCUT2D eigenvalue weighted by atomic mass is 9.86. The number of benzene rings is 1. The molecule has 1 aliphatic heterocycles. The lowest BCUT2D eigenvalue weighted by Gasteiger charge is -2.25. The highest BCUT2D eigenvalue weighted by atomic mass is 32.2. The van der Waals surface area contributed by atoms with Crippen LogP contribution in [0.2, 0.25) is 0 Å². The van der Waals surface area contributed by atoms with Gasteiger partial charge in [0.1, 0.15) is 5.37 Å². The predicted molar refractivity (Wildman–Crippen MR) is 90.6 cm³/mol. The molecule has 2 rings (SSSR count). The van der Waals surface area contributed by atoms with Crippen LogP contribution in [0, 0.1) is 0 Å². The second-order valence-electron chi connectivity index (χ2n) is 6.58. The molecule has 1 aromatic rings. The van der Waals surface area contributed by atoms with Gasteiger partial charge in [-0.1, -0.05) is 45.0 Å². The van der Waals surface area contributed by atoms with Crippen LogP contribution in [0.3, 0.4) is 0 Å². The van der Waals surface area contributed by atoms with E-state index in [1.165, 1.54) is 11.1 Å². The van der Waals surface area contributed by atoms with E-state index in [1.807, 2.05) is 11.9 Å². The Kier molecular flexibility index (Phi) is 5.33. The van der Waals surface area contributed by atoms with Crippen LogP contribution in [0.1, 0.15) is 43.7 Å². The van der Waals surface area contributed by atoms with Gasteiger partial charge in [0.25, 0.3) is 0 Å². The highest BCUT2D eigenvalue weighted by Gasteiger charge is 2.32. The summed E-state index contributed by atoms with van der Waals surface area (Å²) in [5.41, 5.74) is 2.74. The van der Waals surface area contributed by atoms with Crippen LogP contribution in [0.25, 0.3) is 0 Å². The zero-order valence-corrected chi connectivity index (χ0v) is 14.3. The largest absolute Gasteiger partial charge is 0.326 e. The quantitative estimate of drug-likeness (QED) is 0.848. The van der Waals surface area contributed by atoms with E-state index in [4.69, 9.17) is 0 Å². The summed E-state index contributed by atoms with van der Waals surface area (Å²) in [6.45, 7) is 8.45. The minimum atomic E-state index is 0.170. The number of hydrogen-bond acceptors (Lipinski definition) is 3. The highest BCUT2D eigenvalue weighted by Crippen LogP contribution is 2.39. The molecular weight excluding hydrogens is 280 g/mol. The smallest absolute Gasteiger partial charge is 0.233 e. The van der Waals surface area contributed by atoms with Crippen molar-refractivity contribution in [3.8, 4) is 0 Å². The van der Waals surface area contributed by atoms with Gasteiger partial charge in [-0.3, -0.25) is 4.79 Å². The Morgan fingerprint density at radius 2 is 1.95 bits per heavy atom. The highest BCUT2D eigenvalue weighted by molar-refractivity contribution is 8.00. The normalized spacial score (nSPS) is 19.3. The van der Waals surface area contributed by atoms with Gasteiger partial charge in [0.2, 0.25) is 5.91 Å². The van der Waals surface area contributed by atoms with Gasteiger partial charge in [-0.2, -0.15) is 0 Å². The van der Waals surface area contributed by atoms with E-state index < -0.39 is 0 Å². The number of carbonyl (C=O) groups is 1. The number of thioether (sulfide) groups is 1. The van der Waals surface area contributed by atoms with Gasteiger partial charge < -0.3 is 10.2 Å². The van der Waals surface area contributed by atoms with Crippen molar-refractivity contribution in [2.24, 2.45) is 0 Å². The monoisotopic (exact) mass is 306 g/mol. The van der Waals surface area contributed by atoms with E-state index in [9.17, 15) is 4.79 Å². The summed E-state index contributed by atoms with van der Waals surface area (Å²) < 4.78 is 0. The molecule has 0 radical (unpaired) electrons. The first-order valence-corrected chi connectivity index (χ1v) is 8.64. The molecule has 0 spiro atoms. The van der Waals surface area contributed by atoms with Crippen LogP contribution < -0.4 is 5.32 Å². The van der Waals surface area contributed by atoms with E-state index in [0.29, 0.717) is 5.75 Å². The van der Waals surface area contributed by atoms with Gasteiger partial charge in [0.05, 0.1) is 5.75 Å². The van der Waals surface area contributed by atoms with Crippen LogP contribution in [0.5, 0.6) is 0 Å². The van der Waals surface area contributed by atoms with E-state index in [-0.39, 0.29) is 16.7 Å². The zero-order valence-electron chi connectivity index (χ0n) is 13.5. The van der Waals surface area contributed by atoms with Gasteiger partial charge in [-0.15, -0.1) is 11.8 Å². The number of carbonyl (C=O) groups excluding carboxylic acids is 1. The van der Waals surface area contributed by atoms with Gasteiger partial charge >= 0.3 is 0 Å². The first-order valence-electron chi connectivity index (χ1n) is 7.59. The van der Waals surface area contributed by atoms with Crippen LogP contribution >= 0.6 is 11.8 Å². The molecule has 21 heavy (non-hydrogen) atoms. The molecule has 116 valence electrons. The first kappa shape index (κ1) is 16.4. The molecule has 4 heteroatoms. The topological polar surface area (TPSA) is 32.3 Å². The number of hydrogen-bond donors (Lipinski definition) is 1.